The van der Waals surface area contributed by atoms with Gasteiger partial charge in [0.25, 0.3) is 11.6 Å². The van der Waals surface area contributed by atoms with Crippen molar-refractivity contribution < 1.29 is 28.7 Å². The second-order valence-electron chi connectivity index (χ2n) is 11.1. The fourth-order valence-corrected chi connectivity index (χ4v) is 6.68. The molecule has 4 aromatic rings. The zero-order valence-electron chi connectivity index (χ0n) is 25.8. The van der Waals surface area contributed by atoms with Crippen LogP contribution in [-0.2, 0) is 20.8 Å². The van der Waals surface area contributed by atoms with Crippen LogP contribution in [0.1, 0.15) is 17.4 Å². The summed E-state index contributed by atoms with van der Waals surface area (Å²) < 4.78 is 16.9. The Kier molecular flexibility index (Phi) is 9.37. The number of ether oxygens (including phenoxy) is 3. The van der Waals surface area contributed by atoms with Gasteiger partial charge in [-0.1, -0.05) is 0 Å². The highest BCUT2D eigenvalue weighted by Gasteiger charge is 2.29. The zero-order chi connectivity index (χ0) is 33.1. The molecule has 0 aliphatic carbocycles. The van der Waals surface area contributed by atoms with Crippen molar-refractivity contribution in [2.24, 2.45) is 0 Å². The van der Waals surface area contributed by atoms with E-state index in [1.54, 1.807) is 28.6 Å². The van der Waals surface area contributed by atoms with Gasteiger partial charge in [0.15, 0.2) is 17.7 Å². The normalized spacial score (nSPS) is 16.2. The minimum Gasteiger partial charge on any atom is -0.421 e. The molecular weight excluding hydrogens is 630 g/mol. The molecule has 47 heavy (non-hydrogen) atoms. The summed E-state index contributed by atoms with van der Waals surface area (Å²) in [6.07, 6.45) is 1.13. The molecule has 1 amide bonds. The first kappa shape index (κ1) is 32.0. The molecule has 2 fully saturated rings. The van der Waals surface area contributed by atoms with Crippen molar-refractivity contribution in [1.82, 2.24) is 29.7 Å². The first-order valence-electron chi connectivity index (χ1n) is 15.0. The van der Waals surface area contributed by atoms with Gasteiger partial charge in [-0.3, -0.25) is 19.8 Å². The molecule has 2 saturated heterocycles. The first-order valence-corrected chi connectivity index (χ1v) is 15.8. The number of amides is 1. The number of nitrogen functional groups attached to an aromatic ring is 1. The van der Waals surface area contributed by atoms with Crippen LogP contribution in [0.4, 0.5) is 22.2 Å². The largest absolute Gasteiger partial charge is 0.514 e. The minimum atomic E-state index is -1.06. The maximum atomic E-state index is 13.1. The Labute approximate surface area is 273 Å². The Morgan fingerprint density at radius 2 is 1.74 bits per heavy atom. The number of nitro benzene ring substituents is 1. The van der Waals surface area contributed by atoms with Crippen LogP contribution < -0.4 is 15.4 Å². The van der Waals surface area contributed by atoms with Gasteiger partial charge >= 0.3 is 6.16 Å². The van der Waals surface area contributed by atoms with E-state index in [0.29, 0.717) is 57.3 Å². The molecule has 16 nitrogen and oxygen atoms in total. The molecule has 5 heterocycles. The minimum absolute atomic E-state index is 0.0731. The molecule has 1 aromatic carbocycles. The maximum absolute atomic E-state index is 13.1. The number of fused-ring (bicyclic) bond motifs is 1. The molecule has 3 aromatic heterocycles. The number of aromatic nitrogens is 4. The third-order valence-corrected chi connectivity index (χ3v) is 9.27. The number of nitrogens with zero attached hydrogens (tertiary/aromatic N) is 8. The Balaban J connectivity index is 1.10. The number of thiophene rings is 1. The van der Waals surface area contributed by atoms with Crippen LogP contribution in [0.25, 0.3) is 21.6 Å². The molecular formula is C30H33N9O7S. The summed E-state index contributed by atoms with van der Waals surface area (Å²) in [5, 5.41) is 10.8. The van der Waals surface area contributed by atoms with Crippen molar-refractivity contribution in [3.05, 3.63) is 57.2 Å². The van der Waals surface area contributed by atoms with Gasteiger partial charge in [0, 0.05) is 75.2 Å². The van der Waals surface area contributed by atoms with Crippen molar-refractivity contribution in [3.63, 3.8) is 0 Å². The number of carbonyl (C=O) groups is 2. The predicted octanol–water partition coefficient (Wildman–Crippen LogP) is 3.03. The Morgan fingerprint density at radius 3 is 2.40 bits per heavy atom. The van der Waals surface area contributed by atoms with Gasteiger partial charge < -0.3 is 29.7 Å². The molecule has 6 rings (SSSR count). The number of hydrogen-bond donors (Lipinski definition) is 1. The summed E-state index contributed by atoms with van der Waals surface area (Å²) >= 11 is 1.68. The topological polar surface area (TPSA) is 192 Å². The quantitative estimate of drug-likeness (QED) is 0.125. The van der Waals surface area contributed by atoms with Gasteiger partial charge in [0.1, 0.15) is 5.75 Å². The number of nitro groups is 1. The second-order valence-corrected chi connectivity index (χ2v) is 12.2. The van der Waals surface area contributed by atoms with Crippen LogP contribution in [0.2, 0.25) is 0 Å². The number of carbonyl (C=O) groups excluding carboxylic acids is 2. The molecule has 0 bridgehead atoms. The van der Waals surface area contributed by atoms with Crippen LogP contribution in [0.15, 0.2) is 36.7 Å². The molecule has 1 atom stereocenters. The van der Waals surface area contributed by atoms with E-state index >= 15 is 0 Å². The molecule has 0 radical (unpaired) electrons. The molecule has 2 aliphatic rings. The van der Waals surface area contributed by atoms with Gasteiger partial charge in [-0.05, 0) is 31.5 Å². The van der Waals surface area contributed by atoms with Gasteiger partial charge in [-0.2, -0.15) is 0 Å². The van der Waals surface area contributed by atoms with Gasteiger partial charge in [-0.15, -0.1) is 11.3 Å². The third kappa shape index (κ3) is 7.21. The summed E-state index contributed by atoms with van der Waals surface area (Å²) in [4.78, 5) is 61.0. The molecule has 17 heteroatoms. The number of anilines is 2. The monoisotopic (exact) mass is 663 g/mol. The summed E-state index contributed by atoms with van der Waals surface area (Å²) in [7, 11) is 0. The maximum Gasteiger partial charge on any atom is 0.514 e. The van der Waals surface area contributed by atoms with E-state index in [9.17, 15) is 19.7 Å². The lowest BCUT2D eigenvalue weighted by atomic mass is 10.2. The average Bonchev–Trinajstić information content (AvgIpc) is 3.39. The number of morpholine rings is 1. The van der Waals surface area contributed by atoms with E-state index in [0.717, 1.165) is 34.7 Å². The summed E-state index contributed by atoms with van der Waals surface area (Å²) in [5.41, 5.74) is 8.21. The summed E-state index contributed by atoms with van der Waals surface area (Å²) in [6.45, 7) is 9.14. The Bertz CT molecular complexity index is 1770. The first-order chi connectivity index (χ1) is 22.7. The number of hydrogen-bond acceptors (Lipinski definition) is 15. The van der Waals surface area contributed by atoms with Gasteiger partial charge in [-0.25, -0.2) is 24.7 Å². The number of rotatable bonds is 8. The fraction of sp³-hybridized carbons (Fsp3) is 0.400. The molecule has 2 aliphatic heterocycles. The highest BCUT2D eigenvalue weighted by atomic mass is 32.1. The highest BCUT2D eigenvalue weighted by molar-refractivity contribution is 7.19. The number of benzene rings is 1. The predicted molar refractivity (Wildman–Crippen MR) is 172 cm³/mol. The van der Waals surface area contributed by atoms with Gasteiger partial charge in [0.05, 0.1) is 33.9 Å². The fourth-order valence-electron chi connectivity index (χ4n) is 5.38. The molecule has 2 N–H and O–H groups in total. The van der Waals surface area contributed by atoms with Gasteiger partial charge in [0.2, 0.25) is 5.95 Å². The van der Waals surface area contributed by atoms with Crippen molar-refractivity contribution in [3.8, 4) is 17.1 Å². The molecule has 0 unspecified atom stereocenters. The van der Waals surface area contributed by atoms with Crippen LogP contribution in [0.3, 0.4) is 0 Å². The van der Waals surface area contributed by atoms with E-state index in [1.807, 2.05) is 0 Å². The van der Waals surface area contributed by atoms with E-state index in [-0.39, 0.29) is 23.3 Å². The number of nitrogens with two attached hydrogens (primary N) is 1. The summed E-state index contributed by atoms with van der Waals surface area (Å²) in [6, 6.07) is 4.99. The number of non-ortho nitro benzene ring substituents is 1. The molecule has 0 spiro atoms. The van der Waals surface area contributed by atoms with E-state index in [4.69, 9.17) is 29.9 Å². The van der Waals surface area contributed by atoms with E-state index < -0.39 is 17.2 Å². The number of piperazine rings is 1. The van der Waals surface area contributed by atoms with E-state index in [2.05, 4.69) is 26.7 Å². The Morgan fingerprint density at radius 1 is 1.06 bits per heavy atom. The highest BCUT2D eigenvalue weighted by Crippen LogP contribution is 2.38. The van der Waals surface area contributed by atoms with Crippen LogP contribution >= 0.6 is 11.3 Å². The third-order valence-electron chi connectivity index (χ3n) is 8.01. The summed E-state index contributed by atoms with van der Waals surface area (Å²) in [5.74, 6) is 1.33. The molecule has 246 valence electrons. The molecule has 0 saturated carbocycles. The van der Waals surface area contributed by atoms with E-state index in [1.165, 1.54) is 36.1 Å². The average molecular weight is 664 g/mol. The second kappa shape index (κ2) is 13.8. The Hall–Kier alpha value is -5.00. The van der Waals surface area contributed by atoms with Crippen molar-refractivity contribution in [2.45, 2.75) is 26.5 Å². The lowest BCUT2D eigenvalue weighted by molar-refractivity contribution is -0.384. The van der Waals surface area contributed by atoms with Crippen molar-refractivity contribution >= 4 is 51.1 Å². The van der Waals surface area contributed by atoms with Crippen molar-refractivity contribution in [1.29, 1.82) is 0 Å². The standard InChI is InChI=1S/C30H33N9O7S/c1-18-23(47-25-24(18)34-26(20-15-32-29(31)33-16-20)35-27(25)37-11-13-44-14-12-37)17-36-7-9-38(10-8-36)28(40)19(2)45-30(41)46-22-5-3-21(4-6-22)39(42)43/h3-6,15-16,19H,7-14,17H2,1-2H3,(H2,31,32,33)/t19-/m0/s1. The zero-order valence-corrected chi connectivity index (χ0v) is 26.6. The van der Waals surface area contributed by atoms with Crippen LogP contribution in [0.5, 0.6) is 5.75 Å². The number of aryl methyl sites for hydroxylation is 1. The lowest BCUT2D eigenvalue weighted by Gasteiger charge is -2.35. The van der Waals surface area contributed by atoms with Crippen molar-refractivity contribution in [2.75, 3.05) is 63.1 Å². The van der Waals surface area contributed by atoms with Crippen LogP contribution in [0, 0.1) is 17.0 Å². The van der Waals surface area contributed by atoms with Crippen LogP contribution in [-0.4, -0.2) is 105 Å². The SMILES string of the molecule is Cc1c(CN2CCN(C(=O)[C@H](C)OC(=O)Oc3ccc([N+](=O)[O-])cc3)CC2)sc2c(N3CCOCC3)nc(-c3cnc(N)nc3)nc12. The lowest BCUT2D eigenvalue weighted by Crippen LogP contribution is -2.51. The smallest absolute Gasteiger partial charge is 0.421 e.